The molecule has 7 nitrogen and oxygen atoms in total. The van der Waals surface area contributed by atoms with E-state index in [-0.39, 0.29) is 29.0 Å². The van der Waals surface area contributed by atoms with Crippen LogP contribution in [0.3, 0.4) is 0 Å². The average molecular weight is 425 g/mol. The molecular weight excluding hydrogens is 404 g/mol. The summed E-state index contributed by atoms with van der Waals surface area (Å²) in [6.07, 6.45) is 0. The standard InChI is InChI=1S/C19H21F2N3O4S/c1-3-28-19(26)13-16(25)10-8-11(21)15(23-6-4-22-5-7-23)17(27-2)14(10)24-12(9-20)29-18(13)24/h8,12,22H,3-7,9H2,1-2H3. The highest BCUT2D eigenvalue weighted by molar-refractivity contribution is 8.00. The summed E-state index contributed by atoms with van der Waals surface area (Å²) in [5.41, 5.74) is -0.283. The molecule has 1 atom stereocenters. The summed E-state index contributed by atoms with van der Waals surface area (Å²) < 4.78 is 40.9. The first-order valence-electron chi connectivity index (χ1n) is 9.37. The number of nitrogens with one attached hydrogen (secondary N) is 1. The first kappa shape index (κ1) is 20.0. The number of pyridine rings is 1. The maximum Gasteiger partial charge on any atom is 0.344 e. The monoisotopic (exact) mass is 425 g/mol. The second-order valence-electron chi connectivity index (χ2n) is 6.70. The van der Waals surface area contributed by atoms with Crippen molar-refractivity contribution in [3.05, 3.63) is 27.7 Å². The van der Waals surface area contributed by atoms with E-state index in [1.807, 2.05) is 4.90 Å². The Morgan fingerprint density at radius 2 is 2.10 bits per heavy atom. The number of anilines is 1. The Kier molecular flexibility index (Phi) is 5.39. The van der Waals surface area contributed by atoms with E-state index in [1.54, 1.807) is 11.5 Å². The predicted octanol–water partition coefficient (Wildman–Crippen LogP) is 2.31. The number of halogens is 2. The molecule has 1 saturated heterocycles. The molecule has 0 bridgehead atoms. The lowest BCUT2D eigenvalue weighted by molar-refractivity contribution is 0.0518. The molecule has 0 radical (unpaired) electrons. The minimum Gasteiger partial charge on any atom is -0.492 e. The molecule has 1 aromatic carbocycles. The molecule has 156 valence electrons. The highest BCUT2D eigenvalue weighted by atomic mass is 32.2. The van der Waals surface area contributed by atoms with Crippen molar-refractivity contribution in [2.45, 2.75) is 17.3 Å². The molecule has 2 aromatic rings. The zero-order valence-corrected chi connectivity index (χ0v) is 16.9. The number of alkyl halides is 1. The number of hydrogen-bond acceptors (Lipinski definition) is 7. The van der Waals surface area contributed by atoms with Gasteiger partial charge in [0.15, 0.2) is 11.6 Å². The number of piperazine rings is 1. The lowest BCUT2D eigenvalue weighted by Crippen LogP contribution is -2.44. The molecule has 1 fully saturated rings. The van der Waals surface area contributed by atoms with Gasteiger partial charge in [-0.25, -0.2) is 13.6 Å². The molecule has 0 spiro atoms. The van der Waals surface area contributed by atoms with Crippen molar-refractivity contribution < 1.29 is 23.0 Å². The fourth-order valence-electron chi connectivity index (χ4n) is 3.86. The van der Waals surface area contributed by atoms with Gasteiger partial charge in [-0.15, -0.1) is 0 Å². The van der Waals surface area contributed by atoms with E-state index in [1.165, 1.54) is 7.11 Å². The Bertz CT molecular complexity index is 1040. The van der Waals surface area contributed by atoms with Gasteiger partial charge in [0, 0.05) is 26.2 Å². The molecule has 4 rings (SSSR count). The number of thioether (sulfide) groups is 1. The molecule has 3 heterocycles. The van der Waals surface area contributed by atoms with E-state index in [0.717, 1.165) is 17.8 Å². The van der Waals surface area contributed by atoms with Crippen molar-refractivity contribution in [3.63, 3.8) is 0 Å². The molecule has 0 saturated carbocycles. The minimum absolute atomic E-state index is 0.0243. The smallest absolute Gasteiger partial charge is 0.344 e. The number of nitrogens with zero attached hydrogens (tertiary/aromatic N) is 2. The summed E-state index contributed by atoms with van der Waals surface area (Å²) in [6.45, 7) is 3.51. The maximum atomic E-state index is 15.2. The Morgan fingerprint density at radius 1 is 1.38 bits per heavy atom. The fraction of sp³-hybridized carbons (Fsp3) is 0.474. The number of carbonyl (C=O) groups excluding carboxylic acids is 1. The Balaban J connectivity index is 2.04. The van der Waals surface area contributed by atoms with Crippen LogP contribution in [0.5, 0.6) is 5.75 Å². The summed E-state index contributed by atoms with van der Waals surface area (Å²) in [5, 5.41) is 2.87. The normalized spacial score (nSPS) is 18.3. The second-order valence-corrected chi connectivity index (χ2v) is 7.87. The number of ether oxygens (including phenoxy) is 2. The van der Waals surface area contributed by atoms with Crippen LogP contribution < -0.4 is 20.4 Å². The lowest BCUT2D eigenvalue weighted by atomic mass is 10.1. The van der Waals surface area contributed by atoms with E-state index in [4.69, 9.17) is 9.47 Å². The number of hydrogen-bond donors (Lipinski definition) is 1. The largest absolute Gasteiger partial charge is 0.492 e. The topological polar surface area (TPSA) is 72.8 Å². The summed E-state index contributed by atoms with van der Waals surface area (Å²) in [5.74, 6) is -1.24. The summed E-state index contributed by atoms with van der Waals surface area (Å²) >= 11 is 1.09. The molecule has 0 amide bonds. The zero-order chi connectivity index (χ0) is 20.7. The van der Waals surface area contributed by atoms with E-state index < -0.39 is 29.3 Å². The molecule has 1 N–H and O–H groups in total. The van der Waals surface area contributed by atoms with Gasteiger partial charge in [0.2, 0.25) is 5.43 Å². The van der Waals surface area contributed by atoms with E-state index in [0.29, 0.717) is 36.7 Å². The van der Waals surface area contributed by atoms with Gasteiger partial charge in [-0.2, -0.15) is 0 Å². The number of benzene rings is 1. The third-order valence-corrected chi connectivity index (χ3v) is 6.35. The molecule has 2 aliphatic heterocycles. The first-order valence-corrected chi connectivity index (χ1v) is 10.3. The molecule has 29 heavy (non-hydrogen) atoms. The van der Waals surface area contributed by atoms with Gasteiger partial charge >= 0.3 is 5.97 Å². The SMILES string of the molecule is CCOC(=O)c1c2n(c3c(OC)c(N4CCNCC4)c(F)cc3c1=O)C(CF)S2. The van der Waals surface area contributed by atoms with Crippen molar-refractivity contribution in [3.8, 4) is 5.75 Å². The van der Waals surface area contributed by atoms with Gasteiger partial charge in [-0.05, 0) is 13.0 Å². The summed E-state index contributed by atoms with van der Waals surface area (Å²) in [6, 6.07) is 1.12. The van der Waals surface area contributed by atoms with Crippen LogP contribution >= 0.6 is 11.8 Å². The van der Waals surface area contributed by atoms with Crippen molar-refractivity contribution in [1.82, 2.24) is 9.88 Å². The Labute approximate surface area is 169 Å². The molecule has 1 unspecified atom stereocenters. The highest BCUT2D eigenvalue weighted by Gasteiger charge is 2.38. The van der Waals surface area contributed by atoms with Crippen LogP contribution in [-0.2, 0) is 4.74 Å². The number of esters is 1. The van der Waals surface area contributed by atoms with E-state index >= 15 is 4.39 Å². The van der Waals surface area contributed by atoms with Crippen molar-refractivity contribution in [1.29, 1.82) is 0 Å². The van der Waals surface area contributed by atoms with Crippen LogP contribution in [0.4, 0.5) is 14.5 Å². The molecule has 10 heteroatoms. The third kappa shape index (κ3) is 3.05. The van der Waals surface area contributed by atoms with Crippen molar-refractivity contribution in [2.24, 2.45) is 0 Å². The van der Waals surface area contributed by atoms with Crippen molar-refractivity contribution >= 4 is 34.3 Å². The lowest BCUT2D eigenvalue weighted by Gasteiger charge is -2.36. The third-order valence-electron chi connectivity index (χ3n) is 5.11. The number of aromatic nitrogens is 1. The zero-order valence-electron chi connectivity index (χ0n) is 16.1. The van der Waals surface area contributed by atoms with Crippen LogP contribution in [0.2, 0.25) is 0 Å². The van der Waals surface area contributed by atoms with Crippen LogP contribution in [0.1, 0.15) is 22.7 Å². The number of fused-ring (bicyclic) bond motifs is 3. The number of rotatable bonds is 5. The van der Waals surface area contributed by atoms with Crippen LogP contribution in [-0.4, -0.2) is 57.1 Å². The number of methoxy groups -OCH3 is 1. The molecular formula is C19H21F2N3O4S. The van der Waals surface area contributed by atoms with E-state index in [2.05, 4.69) is 5.32 Å². The second kappa shape index (κ2) is 7.83. The minimum atomic E-state index is -0.793. The fourth-order valence-corrected chi connectivity index (χ4v) is 4.96. The van der Waals surface area contributed by atoms with Crippen LogP contribution in [0, 0.1) is 5.82 Å². The Hall–Kier alpha value is -2.33. The highest BCUT2D eigenvalue weighted by Crippen LogP contribution is 2.50. The van der Waals surface area contributed by atoms with Gasteiger partial charge < -0.3 is 24.3 Å². The number of carbonyl (C=O) groups is 1. The van der Waals surface area contributed by atoms with E-state index in [9.17, 15) is 14.0 Å². The average Bonchev–Trinajstić information content (AvgIpc) is 2.70. The van der Waals surface area contributed by atoms with Gasteiger partial charge in [0.1, 0.15) is 23.3 Å². The summed E-state index contributed by atoms with van der Waals surface area (Å²) in [4.78, 5) is 27.3. The van der Waals surface area contributed by atoms with Crippen molar-refractivity contribution in [2.75, 3.05) is 51.5 Å². The van der Waals surface area contributed by atoms with Crippen LogP contribution in [0.25, 0.3) is 10.9 Å². The molecule has 1 aromatic heterocycles. The van der Waals surface area contributed by atoms with Gasteiger partial charge in [-0.3, -0.25) is 4.79 Å². The predicted molar refractivity (Wildman–Crippen MR) is 107 cm³/mol. The van der Waals surface area contributed by atoms with Gasteiger partial charge in [0.25, 0.3) is 0 Å². The molecule has 0 aliphatic carbocycles. The van der Waals surface area contributed by atoms with Gasteiger partial charge in [0.05, 0.1) is 29.6 Å². The Morgan fingerprint density at radius 3 is 2.72 bits per heavy atom. The summed E-state index contributed by atoms with van der Waals surface area (Å²) in [7, 11) is 1.40. The van der Waals surface area contributed by atoms with Gasteiger partial charge in [-0.1, -0.05) is 11.8 Å². The van der Waals surface area contributed by atoms with Crippen LogP contribution in [0.15, 0.2) is 15.9 Å². The molecule has 2 aliphatic rings. The maximum absolute atomic E-state index is 15.2. The quantitative estimate of drug-likeness (QED) is 0.737. The first-order chi connectivity index (χ1) is 14.0.